The Morgan fingerprint density at radius 3 is 2.58 bits per heavy atom. The number of halogens is 2. The monoisotopic (exact) mass is 540 g/mol. The first-order valence-electron chi connectivity index (χ1n) is 12.6. The van der Waals surface area contributed by atoms with Crippen LogP contribution in [0.25, 0.3) is 10.9 Å². The first kappa shape index (κ1) is 26.2. The van der Waals surface area contributed by atoms with Crippen molar-refractivity contribution in [3.8, 4) is 0 Å². The molecule has 2 heterocycles. The molecule has 4 aliphatic rings. The topological polar surface area (TPSA) is 88.7 Å². The van der Waals surface area contributed by atoms with Crippen molar-refractivity contribution in [1.29, 1.82) is 0 Å². The van der Waals surface area contributed by atoms with Crippen molar-refractivity contribution in [2.24, 2.45) is 5.41 Å². The third-order valence-corrected chi connectivity index (χ3v) is 8.20. The van der Waals surface area contributed by atoms with Crippen molar-refractivity contribution in [2.45, 2.75) is 50.4 Å². The number of nitrogens with one attached hydrogen (secondary N) is 1. The van der Waals surface area contributed by atoms with E-state index < -0.39 is 35.6 Å². The van der Waals surface area contributed by atoms with Crippen LogP contribution in [0.2, 0.25) is 0 Å². The number of carbonyl (C=O) groups excluding carboxylic acids is 3. The lowest BCUT2D eigenvalue weighted by molar-refractivity contribution is -0.235. The predicted octanol–water partition coefficient (Wildman–Crippen LogP) is 4.87. The van der Waals surface area contributed by atoms with E-state index in [1.165, 1.54) is 12.0 Å². The van der Waals surface area contributed by atoms with Crippen LogP contribution in [0.3, 0.4) is 0 Å². The second kappa shape index (κ2) is 9.73. The summed E-state index contributed by atoms with van der Waals surface area (Å²) in [4.78, 5) is 43.5. The quantitative estimate of drug-likeness (QED) is 0.223. The van der Waals surface area contributed by atoms with Crippen molar-refractivity contribution < 1.29 is 28.2 Å². The summed E-state index contributed by atoms with van der Waals surface area (Å²) in [5.41, 5.74) is 2.00. The Morgan fingerprint density at radius 2 is 1.95 bits per heavy atom. The molecule has 0 saturated heterocycles. The number of alkyl halides is 2. The number of nitrogens with zero attached hydrogens (tertiary/aromatic N) is 1. The first-order valence-corrected chi connectivity index (χ1v) is 13.1. The number of aromatic nitrogens is 1. The summed E-state index contributed by atoms with van der Waals surface area (Å²) in [5, 5.41) is 0.942. The second-order valence-corrected chi connectivity index (χ2v) is 10.8. The van der Waals surface area contributed by atoms with E-state index in [4.69, 9.17) is 21.1 Å². The summed E-state index contributed by atoms with van der Waals surface area (Å²) >= 11 is 5.97. The highest BCUT2D eigenvalue weighted by Gasteiger charge is 2.69. The van der Waals surface area contributed by atoms with Crippen molar-refractivity contribution in [2.75, 3.05) is 19.6 Å². The molecule has 2 bridgehead atoms. The van der Waals surface area contributed by atoms with Gasteiger partial charge in [0.05, 0.1) is 25.3 Å². The minimum atomic E-state index is -1.05. The van der Waals surface area contributed by atoms with E-state index in [1.807, 2.05) is 24.3 Å². The maximum Gasteiger partial charge on any atom is 0.337 e. The van der Waals surface area contributed by atoms with Crippen LogP contribution in [0.1, 0.15) is 43.5 Å². The highest BCUT2D eigenvalue weighted by Crippen LogP contribution is 2.69. The van der Waals surface area contributed by atoms with Crippen LogP contribution in [0, 0.1) is 5.41 Å². The van der Waals surface area contributed by atoms with Crippen molar-refractivity contribution >= 4 is 40.3 Å². The van der Waals surface area contributed by atoms with Gasteiger partial charge in [0.15, 0.2) is 0 Å². The zero-order chi connectivity index (χ0) is 27.2. The fourth-order valence-corrected chi connectivity index (χ4v) is 6.39. The number of para-hydroxylation sites is 1. The number of aromatic amines is 1. The number of amides is 1. The third kappa shape index (κ3) is 4.34. The molecule has 1 aromatic carbocycles. The van der Waals surface area contributed by atoms with E-state index in [2.05, 4.69) is 11.6 Å². The number of methoxy groups -OCH3 is 1. The zero-order valence-corrected chi connectivity index (χ0v) is 22.1. The maximum absolute atomic E-state index is 13.8. The highest BCUT2D eigenvalue weighted by atomic mass is 35.5. The third-order valence-electron chi connectivity index (χ3n) is 7.97. The first-order chi connectivity index (χ1) is 18.1. The molecule has 1 aromatic heterocycles. The van der Waals surface area contributed by atoms with E-state index >= 15 is 0 Å². The minimum absolute atomic E-state index is 0.198. The van der Waals surface area contributed by atoms with Crippen LogP contribution >= 0.6 is 11.6 Å². The number of rotatable bonds is 8. The molecule has 2 atom stereocenters. The summed E-state index contributed by atoms with van der Waals surface area (Å²) in [6.45, 7) is 6.12. The average Bonchev–Trinajstić information content (AvgIpc) is 3.26. The fraction of sp³-hybridized carbons (Fsp3) is 0.414. The molecular weight excluding hydrogens is 511 g/mol. The summed E-state index contributed by atoms with van der Waals surface area (Å²) < 4.78 is 24.3. The summed E-state index contributed by atoms with van der Waals surface area (Å²) in [6.07, 6.45) is 6.46. The van der Waals surface area contributed by atoms with Gasteiger partial charge < -0.3 is 19.4 Å². The number of ether oxygens (including phenoxy) is 2. The van der Waals surface area contributed by atoms with Gasteiger partial charge in [0.1, 0.15) is 17.6 Å². The Bertz CT molecular complexity index is 1370. The van der Waals surface area contributed by atoms with Gasteiger partial charge in [-0.3, -0.25) is 4.79 Å². The Hall–Kier alpha value is -3.39. The fourth-order valence-electron chi connectivity index (χ4n) is 6.25. The molecule has 0 spiro atoms. The number of carbonyl (C=O) groups is 3. The summed E-state index contributed by atoms with van der Waals surface area (Å²) in [5.74, 6) is -1.83. The molecule has 0 unspecified atom stereocenters. The van der Waals surface area contributed by atoms with E-state index in [0.717, 1.165) is 22.2 Å². The molecule has 3 fully saturated rings. The molecule has 6 rings (SSSR count). The largest absolute Gasteiger partial charge is 0.467 e. The molecule has 0 radical (unpaired) electrons. The molecule has 7 nitrogen and oxygen atoms in total. The van der Waals surface area contributed by atoms with Crippen LogP contribution in [-0.4, -0.2) is 59.0 Å². The Balaban J connectivity index is 1.43. The van der Waals surface area contributed by atoms with Gasteiger partial charge in [-0.1, -0.05) is 36.9 Å². The van der Waals surface area contributed by atoms with Gasteiger partial charge in [-0.15, -0.1) is 11.6 Å². The van der Waals surface area contributed by atoms with Crippen LogP contribution in [0.5, 0.6) is 0 Å². The molecule has 9 heteroatoms. The predicted molar refractivity (Wildman–Crippen MR) is 141 cm³/mol. The van der Waals surface area contributed by atoms with Gasteiger partial charge in [-0.25, -0.2) is 14.0 Å². The van der Waals surface area contributed by atoms with E-state index in [-0.39, 0.29) is 24.3 Å². The smallest absolute Gasteiger partial charge is 0.337 e. The SMILES string of the molecule is C=C(/C=C\C(=C/C)C(=O)OCC12CC(F)(C1)C2)[C@H]1c2[nH]c3ccccc3c2C[C@H](C(=O)OC)N1C(=O)CCl. The molecule has 1 N–H and O–H groups in total. The molecular formula is C29H30ClFN2O5. The number of allylic oxidation sites excluding steroid dienone is 1. The average molecular weight is 541 g/mol. The lowest BCUT2D eigenvalue weighted by atomic mass is 9.43. The second-order valence-electron chi connectivity index (χ2n) is 10.6. The highest BCUT2D eigenvalue weighted by molar-refractivity contribution is 6.27. The van der Waals surface area contributed by atoms with E-state index in [9.17, 15) is 18.8 Å². The molecule has 200 valence electrons. The lowest BCUT2D eigenvalue weighted by Crippen LogP contribution is -2.66. The van der Waals surface area contributed by atoms with Crippen molar-refractivity contribution in [1.82, 2.24) is 9.88 Å². The molecule has 38 heavy (non-hydrogen) atoms. The Morgan fingerprint density at radius 1 is 1.24 bits per heavy atom. The van der Waals surface area contributed by atoms with Gasteiger partial charge in [-0.2, -0.15) is 0 Å². The van der Waals surface area contributed by atoms with Crippen molar-refractivity contribution in [3.05, 3.63) is 71.5 Å². The maximum atomic E-state index is 13.8. The zero-order valence-electron chi connectivity index (χ0n) is 21.4. The van der Waals surface area contributed by atoms with Gasteiger partial charge in [-0.05, 0) is 49.5 Å². The van der Waals surface area contributed by atoms with E-state index in [1.54, 1.807) is 25.2 Å². The summed E-state index contributed by atoms with van der Waals surface area (Å²) in [6, 6.07) is 6.05. The van der Waals surface area contributed by atoms with Crippen molar-refractivity contribution in [3.63, 3.8) is 0 Å². The number of esters is 2. The van der Waals surface area contributed by atoms with Crippen LogP contribution < -0.4 is 0 Å². The van der Waals surface area contributed by atoms with Gasteiger partial charge in [0, 0.05) is 28.4 Å². The number of hydrogen-bond acceptors (Lipinski definition) is 5. The van der Waals surface area contributed by atoms with Crippen LogP contribution in [0.15, 0.2) is 60.2 Å². The molecule has 3 saturated carbocycles. The normalized spacial score (nSPS) is 27.9. The number of fused-ring (bicyclic) bond motifs is 3. The lowest BCUT2D eigenvalue weighted by Gasteiger charge is -2.65. The number of hydrogen-bond donors (Lipinski definition) is 1. The standard InChI is InChI=1S/C29H30ClFN2O5/c1-4-18(26(35)38-16-28-13-29(31,14-28)15-28)10-9-17(2)25-24-20(19-7-5-6-8-21(19)32-24)11-22(27(36)37-3)33(25)23(34)12-30/h4-10,22,25,32H,2,11-16H2,1,3H3/b10-9-,18-4+/t22-,25+,28?,29?/m1/s1. The van der Waals surface area contributed by atoms with Crippen LogP contribution in [-0.2, 0) is 30.3 Å². The van der Waals surface area contributed by atoms with E-state index in [0.29, 0.717) is 30.4 Å². The number of benzene rings is 1. The van der Waals surface area contributed by atoms with Crippen LogP contribution in [0.4, 0.5) is 4.39 Å². The summed E-state index contributed by atoms with van der Waals surface area (Å²) in [7, 11) is 1.28. The minimum Gasteiger partial charge on any atom is -0.467 e. The Labute approximate surface area is 225 Å². The molecule has 1 amide bonds. The van der Waals surface area contributed by atoms with Gasteiger partial charge in [0.25, 0.3) is 0 Å². The van der Waals surface area contributed by atoms with Gasteiger partial charge >= 0.3 is 11.9 Å². The molecule has 2 aromatic rings. The molecule has 3 aliphatic carbocycles. The molecule has 1 aliphatic heterocycles. The Kier molecular flexibility index (Phi) is 6.71. The van der Waals surface area contributed by atoms with Gasteiger partial charge in [0.2, 0.25) is 5.91 Å². The number of H-pyrrole nitrogens is 1.